The number of nitrogens with zero attached hydrogens (tertiary/aromatic N) is 4. The maximum atomic E-state index is 10.4. The van der Waals surface area contributed by atoms with Crippen molar-refractivity contribution in [1.29, 1.82) is 0 Å². The van der Waals surface area contributed by atoms with Gasteiger partial charge in [0.25, 0.3) is 0 Å². The summed E-state index contributed by atoms with van der Waals surface area (Å²) in [4.78, 5) is 9.53. The first kappa shape index (κ1) is 20.7. The number of aromatic hydroxyl groups is 1. The van der Waals surface area contributed by atoms with Gasteiger partial charge in [0.2, 0.25) is 4.80 Å². The highest BCUT2D eigenvalue weighted by Crippen LogP contribution is 2.31. The van der Waals surface area contributed by atoms with Crippen molar-refractivity contribution < 1.29 is 5.11 Å². The first-order valence-corrected chi connectivity index (χ1v) is 11.4. The first-order chi connectivity index (χ1) is 14.5. The smallest absolute Gasteiger partial charge is 0.211 e. The maximum Gasteiger partial charge on any atom is 0.211 e. The molecule has 150 valence electrons. The predicted octanol–water partition coefficient (Wildman–Crippen LogP) is 6.27. The molecule has 0 radical (unpaired) electrons. The lowest BCUT2D eigenvalue weighted by Crippen LogP contribution is -2.11. The second-order valence-corrected chi connectivity index (χ2v) is 9.08. The van der Waals surface area contributed by atoms with Gasteiger partial charge in [-0.2, -0.15) is 5.10 Å². The molecule has 2 heterocycles. The van der Waals surface area contributed by atoms with Crippen molar-refractivity contribution in [2.24, 2.45) is 10.1 Å². The summed E-state index contributed by atoms with van der Waals surface area (Å²) >= 11 is 8.30. The van der Waals surface area contributed by atoms with Crippen LogP contribution in [0.15, 0.2) is 85.3 Å². The van der Waals surface area contributed by atoms with E-state index >= 15 is 0 Å². The summed E-state index contributed by atoms with van der Waals surface area (Å²) in [5, 5.41) is 17.1. The van der Waals surface area contributed by atoms with E-state index in [1.807, 2.05) is 17.5 Å². The number of thiazole rings is 1. The van der Waals surface area contributed by atoms with Crippen molar-refractivity contribution in [1.82, 2.24) is 9.66 Å². The lowest BCUT2D eigenvalue weighted by atomic mass is 10.1. The van der Waals surface area contributed by atoms with Crippen molar-refractivity contribution in [3.63, 3.8) is 0 Å². The lowest BCUT2D eigenvalue weighted by molar-refractivity contribution is 0.471. The third-order valence-corrected chi connectivity index (χ3v) is 6.15. The summed E-state index contributed by atoms with van der Waals surface area (Å²) in [5.41, 5.74) is 4.45. The Bertz CT molecular complexity index is 1280. The number of rotatable bonds is 4. The third-order valence-electron chi connectivity index (χ3n) is 4.27. The molecule has 0 aliphatic heterocycles. The van der Waals surface area contributed by atoms with Crippen LogP contribution in [0.25, 0.3) is 11.3 Å². The average molecular weight is 544 g/mol. The molecule has 0 spiro atoms. The van der Waals surface area contributed by atoms with Crippen LogP contribution in [0.3, 0.4) is 0 Å². The summed E-state index contributed by atoms with van der Waals surface area (Å²) < 4.78 is 3.20. The summed E-state index contributed by atoms with van der Waals surface area (Å²) in [6.07, 6.45) is 5.04. The average Bonchev–Trinajstić information content (AvgIpc) is 3.13. The maximum absolute atomic E-state index is 10.4. The Labute approximate surface area is 194 Å². The Morgan fingerprint density at radius 3 is 2.67 bits per heavy atom. The summed E-state index contributed by atoms with van der Waals surface area (Å²) in [6, 6.07) is 15.6. The summed E-state index contributed by atoms with van der Waals surface area (Å²) in [5.74, 6) is 0.125. The molecular weight excluding hydrogens is 528 g/mol. The van der Waals surface area contributed by atoms with Crippen molar-refractivity contribution in [2.45, 2.75) is 6.92 Å². The molecule has 4 aromatic rings. The van der Waals surface area contributed by atoms with Crippen LogP contribution in [-0.2, 0) is 0 Å². The predicted molar refractivity (Wildman–Crippen MR) is 128 cm³/mol. The molecule has 0 aliphatic rings. The molecule has 2 aromatic heterocycles. The van der Waals surface area contributed by atoms with E-state index in [1.165, 1.54) is 16.9 Å². The van der Waals surface area contributed by atoms with Gasteiger partial charge in [-0.05, 0) is 47.1 Å². The second-order valence-electron chi connectivity index (χ2n) is 6.47. The molecular formula is C22H16Br2N4OS. The van der Waals surface area contributed by atoms with Crippen molar-refractivity contribution in [2.75, 3.05) is 0 Å². The van der Waals surface area contributed by atoms with E-state index < -0.39 is 0 Å². The van der Waals surface area contributed by atoms with Gasteiger partial charge in [0.15, 0.2) is 0 Å². The minimum atomic E-state index is 0.125. The van der Waals surface area contributed by atoms with Gasteiger partial charge in [0, 0.05) is 27.2 Å². The normalized spacial score (nSPS) is 12.0. The lowest BCUT2D eigenvalue weighted by Gasteiger charge is -2.06. The van der Waals surface area contributed by atoms with Gasteiger partial charge >= 0.3 is 0 Å². The number of halogens is 2. The van der Waals surface area contributed by atoms with Crippen LogP contribution in [0.4, 0.5) is 5.69 Å². The molecule has 2 aromatic carbocycles. The molecule has 1 N–H and O–H groups in total. The summed E-state index contributed by atoms with van der Waals surface area (Å²) in [7, 11) is 0. The van der Waals surface area contributed by atoms with E-state index in [2.05, 4.69) is 73.1 Å². The molecule has 0 fully saturated rings. The molecule has 0 unspecified atom stereocenters. The van der Waals surface area contributed by atoms with E-state index in [4.69, 9.17) is 4.99 Å². The van der Waals surface area contributed by atoms with Crippen LogP contribution < -0.4 is 4.80 Å². The number of aryl methyl sites for hydroxylation is 1. The standard InChI is InChI=1S/C22H16Br2N4OS/c1-14-4-6-15(7-5-14)20-13-30-22(27-18-3-2-8-25-12-18)28(20)26-11-16-9-17(23)10-19(24)21(16)29/h2-13,29H,1H3. The largest absolute Gasteiger partial charge is 0.506 e. The van der Waals surface area contributed by atoms with Crippen molar-refractivity contribution in [3.8, 4) is 17.0 Å². The Morgan fingerprint density at radius 2 is 1.93 bits per heavy atom. The van der Waals surface area contributed by atoms with E-state index in [0.29, 0.717) is 14.8 Å². The van der Waals surface area contributed by atoms with Crippen LogP contribution in [0.2, 0.25) is 0 Å². The molecule has 0 amide bonds. The number of phenols is 1. The first-order valence-electron chi connectivity index (χ1n) is 8.96. The van der Waals surface area contributed by atoms with Gasteiger partial charge in [-0.3, -0.25) is 4.98 Å². The zero-order valence-corrected chi connectivity index (χ0v) is 19.8. The van der Waals surface area contributed by atoms with Crippen molar-refractivity contribution in [3.05, 3.63) is 91.2 Å². The fraction of sp³-hybridized carbons (Fsp3) is 0.0455. The monoisotopic (exact) mass is 542 g/mol. The topological polar surface area (TPSA) is 62.8 Å². The molecule has 4 rings (SSSR count). The second kappa shape index (κ2) is 9.07. The molecule has 0 saturated carbocycles. The number of hydrogen-bond donors (Lipinski definition) is 1. The fourth-order valence-electron chi connectivity index (χ4n) is 2.75. The minimum Gasteiger partial charge on any atom is -0.506 e. The van der Waals surface area contributed by atoms with Gasteiger partial charge in [-0.25, -0.2) is 9.67 Å². The highest BCUT2D eigenvalue weighted by Gasteiger charge is 2.09. The van der Waals surface area contributed by atoms with E-state index in [1.54, 1.807) is 35.4 Å². The molecule has 0 saturated heterocycles. The van der Waals surface area contributed by atoms with Crippen LogP contribution in [0.1, 0.15) is 11.1 Å². The van der Waals surface area contributed by atoms with Crippen molar-refractivity contribution >= 4 is 55.1 Å². The molecule has 30 heavy (non-hydrogen) atoms. The Balaban J connectivity index is 1.86. The molecule has 5 nitrogen and oxygen atoms in total. The van der Waals surface area contributed by atoms with Gasteiger partial charge in [-0.1, -0.05) is 45.8 Å². The highest BCUT2D eigenvalue weighted by molar-refractivity contribution is 9.11. The fourth-order valence-corrected chi connectivity index (χ4v) is 4.86. The molecule has 8 heteroatoms. The summed E-state index contributed by atoms with van der Waals surface area (Å²) in [6.45, 7) is 2.06. The quantitative estimate of drug-likeness (QED) is 0.308. The Hall–Kier alpha value is -2.55. The number of benzene rings is 2. The van der Waals surface area contributed by atoms with Crippen LogP contribution in [0.5, 0.6) is 5.75 Å². The van der Waals surface area contributed by atoms with E-state index in [-0.39, 0.29) is 5.75 Å². The number of hydrogen-bond acceptors (Lipinski definition) is 5. The zero-order chi connectivity index (χ0) is 21.1. The Kier molecular flexibility index (Phi) is 6.26. The van der Waals surface area contributed by atoms with E-state index in [0.717, 1.165) is 21.4 Å². The molecule has 0 bridgehead atoms. The SMILES string of the molecule is Cc1ccc(-c2csc(=Nc3cccnc3)n2N=Cc2cc(Br)cc(Br)c2O)cc1. The number of aromatic nitrogens is 2. The van der Waals surface area contributed by atoms with Crippen LogP contribution in [0, 0.1) is 6.92 Å². The molecule has 0 aliphatic carbocycles. The van der Waals surface area contributed by atoms with Crippen LogP contribution in [-0.4, -0.2) is 21.0 Å². The minimum absolute atomic E-state index is 0.125. The highest BCUT2D eigenvalue weighted by atomic mass is 79.9. The van der Waals surface area contributed by atoms with E-state index in [9.17, 15) is 5.11 Å². The number of pyridine rings is 1. The zero-order valence-electron chi connectivity index (χ0n) is 15.8. The Morgan fingerprint density at radius 1 is 1.13 bits per heavy atom. The van der Waals surface area contributed by atoms with Gasteiger partial charge < -0.3 is 5.11 Å². The molecule has 0 atom stereocenters. The number of phenolic OH excluding ortho intramolecular Hbond substituents is 1. The van der Waals surface area contributed by atoms with Gasteiger partial charge in [0.1, 0.15) is 5.75 Å². The third kappa shape index (κ3) is 4.61. The van der Waals surface area contributed by atoms with Gasteiger partial charge in [0.05, 0.1) is 28.3 Å². The van der Waals surface area contributed by atoms with Crippen LogP contribution >= 0.6 is 43.2 Å². The van der Waals surface area contributed by atoms with Gasteiger partial charge in [-0.15, -0.1) is 11.3 Å².